The molecule has 1 aliphatic carbocycles. The van der Waals surface area contributed by atoms with Gasteiger partial charge in [0, 0.05) is 12.1 Å². The maximum atomic E-state index is 12.2. The summed E-state index contributed by atoms with van der Waals surface area (Å²) in [5.41, 5.74) is 1.28. The number of halogens is 1. The van der Waals surface area contributed by atoms with Crippen molar-refractivity contribution in [3.63, 3.8) is 0 Å². The van der Waals surface area contributed by atoms with E-state index >= 15 is 0 Å². The van der Waals surface area contributed by atoms with Crippen LogP contribution in [0, 0.1) is 0 Å². The van der Waals surface area contributed by atoms with E-state index in [0.717, 1.165) is 24.9 Å². The molecular weight excluding hydrogens is 274 g/mol. The quantitative estimate of drug-likeness (QED) is 0.880. The van der Waals surface area contributed by atoms with Gasteiger partial charge in [-0.3, -0.25) is 4.79 Å². The number of carbonyl (C=O) groups is 1. The van der Waals surface area contributed by atoms with Crippen LogP contribution in [0.25, 0.3) is 5.69 Å². The Morgan fingerprint density at radius 2 is 2.10 bits per heavy atom. The van der Waals surface area contributed by atoms with Crippen molar-refractivity contribution < 1.29 is 4.79 Å². The number of nitrogens with one attached hydrogen (secondary N) is 1. The zero-order valence-corrected chi connectivity index (χ0v) is 11.8. The molecule has 0 atom stereocenters. The van der Waals surface area contributed by atoms with Crippen molar-refractivity contribution in [2.24, 2.45) is 0 Å². The number of nitrogens with zero attached hydrogens (tertiary/aromatic N) is 2. The van der Waals surface area contributed by atoms with Gasteiger partial charge >= 0.3 is 0 Å². The highest BCUT2D eigenvalue weighted by Crippen LogP contribution is 2.33. The molecule has 0 aliphatic heterocycles. The Bertz CT molecular complexity index is 599. The van der Waals surface area contributed by atoms with Gasteiger partial charge in [-0.2, -0.15) is 5.10 Å². The molecule has 1 heterocycles. The van der Waals surface area contributed by atoms with Crippen LogP contribution in [0.2, 0.25) is 0 Å². The van der Waals surface area contributed by atoms with Crippen molar-refractivity contribution >= 4 is 17.5 Å². The lowest BCUT2D eigenvalue weighted by Crippen LogP contribution is -2.54. The van der Waals surface area contributed by atoms with Crippen molar-refractivity contribution in [1.29, 1.82) is 0 Å². The number of amides is 1. The fourth-order valence-electron chi connectivity index (χ4n) is 2.37. The van der Waals surface area contributed by atoms with E-state index in [0.29, 0.717) is 11.4 Å². The third-order valence-corrected chi connectivity index (χ3v) is 4.32. The molecule has 104 valence electrons. The number of carbonyl (C=O) groups excluding carboxylic acids is 1. The summed E-state index contributed by atoms with van der Waals surface area (Å²) in [5.74, 6) is 0.360. The molecule has 2 aromatic rings. The highest BCUT2D eigenvalue weighted by molar-refractivity contribution is 6.19. The van der Waals surface area contributed by atoms with Gasteiger partial charge in [-0.1, -0.05) is 18.2 Å². The summed E-state index contributed by atoms with van der Waals surface area (Å²) < 4.78 is 1.70. The molecule has 1 fully saturated rings. The summed E-state index contributed by atoms with van der Waals surface area (Å²) >= 11 is 5.96. The van der Waals surface area contributed by atoms with Crippen molar-refractivity contribution in [3.05, 3.63) is 48.3 Å². The van der Waals surface area contributed by atoms with Gasteiger partial charge in [0.25, 0.3) is 5.91 Å². The molecule has 1 N–H and O–H groups in total. The maximum absolute atomic E-state index is 12.2. The number of hydrogen-bond acceptors (Lipinski definition) is 2. The molecule has 1 amide bonds. The lowest BCUT2D eigenvalue weighted by molar-refractivity contribution is 0.0854. The van der Waals surface area contributed by atoms with E-state index in [9.17, 15) is 4.79 Å². The largest absolute Gasteiger partial charge is 0.345 e. The summed E-state index contributed by atoms with van der Waals surface area (Å²) in [4.78, 5) is 12.2. The predicted octanol–water partition coefficient (Wildman–Crippen LogP) is 2.76. The second-order valence-electron chi connectivity index (χ2n) is 5.23. The van der Waals surface area contributed by atoms with Gasteiger partial charge in [0.15, 0.2) is 0 Å². The van der Waals surface area contributed by atoms with Crippen LogP contribution in [0.5, 0.6) is 0 Å². The minimum absolute atomic E-state index is 0.104. The predicted molar refractivity (Wildman–Crippen MR) is 78.3 cm³/mol. The number of rotatable bonds is 4. The van der Waals surface area contributed by atoms with Crippen LogP contribution in [0.15, 0.2) is 42.7 Å². The topological polar surface area (TPSA) is 46.9 Å². The van der Waals surface area contributed by atoms with Gasteiger partial charge in [-0.25, -0.2) is 4.68 Å². The first-order valence-corrected chi connectivity index (χ1v) is 7.24. The molecule has 1 aliphatic rings. The SMILES string of the molecule is O=C(NC1(CCl)CCC1)c1cnn(-c2ccccc2)c1. The molecule has 1 aromatic heterocycles. The molecule has 3 rings (SSSR count). The first kappa shape index (κ1) is 13.2. The molecule has 1 saturated carbocycles. The van der Waals surface area contributed by atoms with Gasteiger partial charge in [-0.05, 0) is 31.4 Å². The van der Waals surface area contributed by atoms with E-state index in [1.807, 2.05) is 30.3 Å². The van der Waals surface area contributed by atoms with E-state index in [1.54, 1.807) is 17.1 Å². The van der Waals surface area contributed by atoms with Crippen molar-refractivity contribution in [2.75, 3.05) is 5.88 Å². The summed E-state index contributed by atoms with van der Waals surface area (Å²) in [7, 11) is 0. The molecule has 0 radical (unpaired) electrons. The number of hydrogen-bond donors (Lipinski definition) is 1. The number of alkyl halides is 1. The van der Waals surface area contributed by atoms with Crippen molar-refractivity contribution in [2.45, 2.75) is 24.8 Å². The number of benzene rings is 1. The fraction of sp³-hybridized carbons (Fsp3) is 0.333. The Morgan fingerprint density at radius 3 is 2.70 bits per heavy atom. The molecule has 0 saturated heterocycles. The summed E-state index contributed by atoms with van der Waals surface area (Å²) in [6.07, 6.45) is 6.36. The third kappa shape index (κ3) is 2.43. The van der Waals surface area contributed by atoms with Crippen LogP contribution in [-0.4, -0.2) is 27.1 Å². The second-order valence-corrected chi connectivity index (χ2v) is 5.50. The van der Waals surface area contributed by atoms with Crippen LogP contribution in [0.1, 0.15) is 29.6 Å². The van der Waals surface area contributed by atoms with Crippen LogP contribution >= 0.6 is 11.6 Å². The monoisotopic (exact) mass is 289 g/mol. The molecule has 0 spiro atoms. The Morgan fingerprint density at radius 1 is 1.35 bits per heavy atom. The molecule has 20 heavy (non-hydrogen) atoms. The first-order chi connectivity index (χ1) is 9.72. The third-order valence-electron chi connectivity index (χ3n) is 3.81. The molecular formula is C15H16ClN3O. The summed E-state index contributed by atoms with van der Waals surface area (Å²) in [6.45, 7) is 0. The zero-order chi connectivity index (χ0) is 14.0. The minimum Gasteiger partial charge on any atom is -0.345 e. The smallest absolute Gasteiger partial charge is 0.254 e. The van der Waals surface area contributed by atoms with E-state index in [2.05, 4.69) is 10.4 Å². The van der Waals surface area contributed by atoms with E-state index in [4.69, 9.17) is 11.6 Å². The van der Waals surface area contributed by atoms with E-state index < -0.39 is 0 Å². The Hall–Kier alpha value is -1.81. The standard InChI is InChI=1S/C15H16ClN3O/c16-11-15(7-4-8-15)18-14(20)12-9-17-19(10-12)13-5-2-1-3-6-13/h1-3,5-6,9-10H,4,7-8,11H2,(H,18,20). The lowest BCUT2D eigenvalue weighted by Gasteiger charge is -2.40. The average Bonchev–Trinajstić information content (AvgIpc) is 2.93. The molecule has 4 nitrogen and oxygen atoms in total. The van der Waals surface area contributed by atoms with Gasteiger partial charge in [0.05, 0.1) is 23.0 Å². The van der Waals surface area contributed by atoms with Crippen molar-refractivity contribution in [1.82, 2.24) is 15.1 Å². The van der Waals surface area contributed by atoms with Crippen LogP contribution in [0.3, 0.4) is 0 Å². The summed E-state index contributed by atoms with van der Waals surface area (Å²) in [6, 6.07) is 9.71. The van der Waals surface area contributed by atoms with E-state index in [1.165, 1.54) is 0 Å². The van der Waals surface area contributed by atoms with Crippen LogP contribution < -0.4 is 5.32 Å². The average molecular weight is 290 g/mol. The highest BCUT2D eigenvalue weighted by Gasteiger charge is 2.37. The first-order valence-electron chi connectivity index (χ1n) is 6.71. The second kappa shape index (κ2) is 5.29. The lowest BCUT2D eigenvalue weighted by atomic mass is 9.78. The zero-order valence-electron chi connectivity index (χ0n) is 11.1. The van der Waals surface area contributed by atoms with Crippen molar-refractivity contribution in [3.8, 4) is 5.69 Å². The summed E-state index contributed by atoms with van der Waals surface area (Å²) in [5, 5.41) is 7.27. The highest BCUT2D eigenvalue weighted by atomic mass is 35.5. The van der Waals surface area contributed by atoms with Gasteiger partial charge in [-0.15, -0.1) is 11.6 Å². The fourth-order valence-corrected chi connectivity index (χ4v) is 2.70. The number of para-hydroxylation sites is 1. The molecule has 1 aromatic carbocycles. The molecule has 5 heteroatoms. The molecule has 0 bridgehead atoms. The molecule has 0 unspecified atom stereocenters. The van der Waals surface area contributed by atoms with Gasteiger partial charge in [0.1, 0.15) is 0 Å². The van der Waals surface area contributed by atoms with Crippen LogP contribution in [0.4, 0.5) is 0 Å². The Kier molecular flexibility index (Phi) is 3.49. The normalized spacial score (nSPS) is 16.4. The van der Waals surface area contributed by atoms with E-state index in [-0.39, 0.29) is 11.4 Å². The van der Waals surface area contributed by atoms with Gasteiger partial charge in [0.2, 0.25) is 0 Å². The Balaban J connectivity index is 1.75. The maximum Gasteiger partial charge on any atom is 0.254 e. The van der Waals surface area contributed by atoms with Crippen LogP contribution in [-0.2, 0) is 0 Å². The minimum atomic E-state index is -0.215. The van der Waals surface area contributed by atoms with Gasteiger partial charge < -0.3 is 5.32 Å². The Labute approximate surface area is 122 Å². The number of aromatic nitrogens is 2.